The third kappa shape index (κ3) is 3.35. The topological polar surface area (TPSA) is 55.6 Å². The Labute approximate surface area is 101 Å². The van der Waals surface area contributed by atoms with E-state index in [1.807, 2.05) is 16.9 Å². The lowest BCUT2D eigenvalue weighted by Gasteiger charge is -2.06. The SMILES string of the molecule is CCCn1ncnc1CNCc1cccnc1. The number of pyridine rings is 1. The van der Waals surface area contributed by atoms with Crippen LogP contribution in [0.15, 0.2) is 30.9 Å². The van der Waals surface area contributed by atoms with Crippen LogP contribution in [0.2, 0.25) is 0 Å². The highest BCUT2D eigenvalue weighted by Crippen LogP contribution is 1.98. The van der Waals surface area contributed by atoms with Gasteiger partial charge in [-0.25, -0.2) is 9.67 Å². The molecule has 2 aromatic heterocycles. The second-order valence-corrected chi connectivity index (χ2v) is 3.86. The van der Waals surface area contributed by atoms with Crippen molar-refractivity contribution in [2.24, 2.45) is 0 Å². The van der Waals surface area contributed by atoms with Gasteiger partial charge in [-0.3, -0.25) is 4.98 Å². The van der Waals surface area contributed by atoms with Gasteiger partial charge in [0, 0.05) is 25.5 Å². The molecule has 17 heavy (non-hydrogen) atoms. The maximum atomic E-state index is 4.24. The molecular formula is C12H17N5. The minimum absolute atomic E-state index is 0.731. The molecule has 2 rings (SSSR count). The zero-order valence-corrected chi connectivity index (χ0v) is 10.0. The van der Waals surface area contributed by atoms with Crippen LogP contribution in [0, 0.1) is 0 Å². The normalized spacial score (nSPS) is 10.6. The number of nitrogens with one attached hydrogen (secondary N) is 1. The lowest BCUT2D eigenvalue weighted by atomic mass is 10.3. The molecule has 0 bridgehead atoms. The van der Waals surface area contributed by atoms with Crippen LogP contribution in [0.1, 0.15) is 24.7 Å². The minimum Gasteiger partial charge on any atom is -0.306 e. The van der Waals surface area contributed by atoms with Gasteiger partial charge in [0.25, 0.3) is 0 Å². The van der Waals surface area contributed by atoms with Crippen LogP contribution in [0.25, 0.3) is 0 Å². The second kappa shape index (κ2) is 6.10. The van der Waals surface area contributed by atoms with Gasteiger partial charge >= 0.3 is 0 Å². The Hall–Kier alpha value is -1.75. The molecule has 0 saturated carbocycles. The van der Waals surface area contributed by atoms with Crippen molar-refractivity contribution in [3.05, 3.63) is 42.2 Å². The molecule has 90 valence electrons. The van der Waals surface area contributed by atoms with Gasteiger partial charge < -0.3 is 5.32 Å². The summed E-state index contributed by atoms with van der Waals surface area (Å²) in [6.07, 6.45) is 6.32. The van der Waals surface area contributed by atoms with Gasteiger partial charge in [-0.15, -0.1) is 0 Å². The van der Waals surface area contributed by atoms with E-state index in [4.69, 9.17) is 0 Å². The largest absolute Gasteiger partial charge is 0.306 e. The van der Waals surface area contributed by atoms with E-state index in [1.54, 1.807) is 12.5 Å². The molecule has 0 spiro atoms. The number of hydrogen-bond acceptors (Lipinski definition) is 4. The van der Waals surface area contributed by atoms with Gasteiger partial charge in [-0.1, -0.05) is 13.0 Å². The predicted octanol–water partition coefficient (Wildman–Crippen LogP) is 1.37. The first kappa shape index (κ1) is 11.7. The molecule has 0 aliphatic heterocycles. The number of rotatable bonds is 6. The van der Waals surface area contributed by atoms with Crippen molar-refractivity contribution in [2.45, 2.75) is 33.0 Å². The molecule has 5 heteroatoms. The summed E-state index contributed by atoms with van der Waals surface area (Å²) in [5, 5.41) is 7.52. The summed E-state index contributed by atoms with van der Waals surface area (Å²) in [4.78, 5) is 8.31. The Morgan fingerprint density at radius 1 is 1.35 bits per heavy atom. The molecule has 0 amide bonds. The Bertz CT molecular complexity index is 437. The summed E-state index contributed by atoms with van der Waals surface area (Å²) in [5.74, 6) is 0.982. The standard InChI is InChI=1S/C12H17N5/c1-2-6-17-12(15-10-16-17)9-14-8-11-4-3-5-13-7-11/h3-5,7,10,14H,2,6,8-9H2,1H3. The summed E-state index contributed by atoms with van der Waals surface area (Å²) in [7, 11) is 0. The zero-order valence-electron chi connectivity index (χ0n) is 10.0. The van der Waals surface area contributed by atoms with Crippen molar-refractivity contribution in [3.63, 3.8) is 0 Å². The van der Waals surface area contributed by atoms with Crippen LogP contribution >= 0.6 is 0 Å². The summed E-state index contributed by atoms with van der Waals surface area (Å²) >= 11 is 0. The summed E-state index contributed by atoms with van der Waals surface area (Å²) < 4.78 is 1.94. The molecule has 0 radical (unpaired) electrons. The zero-order chi connectivity index (χ0) is 11.9. The molecule has 0 atom stereocenters. The van der Waals surface area contributed by atoms with Crippen molar-refractivity contribution in [1.82, 2.24) is 25.1 Å². The van der Waals surface area contributed by atoms with Crippen LogP contribution in [0.3, 0.4) is 0 Å². The summed E-state index contributed by atoms with van der Waals surface area (Å²) in [6, 6.07) is 3.99. The van der Waals surface area contributed by atoms with Crippen LogP contribution in [-0.2, 0) is 19.6 Å². The Balaban J connectivity index is 1.84. The Morgan fingerprint density at radius 3 is 3.06 bits per heavy atom. The molecule has 0 aliphatic carbocycles. The first-order chi connectivity index (χ1) is 8.40. The monoisotopic (exact) mass is 231 g/mol. The quantitative estimate of drug-likeness (QED) is 0.816. The second-order valence-electron chi connectivity index (χ2n) is 3.86. The minimum atomic E-state index is 0.731. The predicted molar refractivity (Wildman–Crippen MR) is 65.1 cm³/mol. The Kier molecular flexibility index (Phi) is 4.21. The molecule has 1 N–H and O–H groups in total. The van der Waals surface area contributed by atoms with E-state index < -0.39 is 0 Å². The lowest BCUT2D eigenvalue weighted by molar-refractivity contribution is 0.542. The average Bonchev–Trinajstić information content (AvgIpc) is 2.79. The molecule has 0 unspecified atom stereocenters. The van der Waals surface area contributed by atoms with Gasteiger partial charge in [0.05, 0.1) is 6.54 Å². The van der Waals surface area contributed by atoms with Crippen molar-refractivity contribution in [3.8, 4) is 0 Å². The van der Waals surface area contributed by atoms with E-state index in [2.05, 4.69) is 33.4 Å². The molecule has 2 heterocycles. The van der Waals surface area contributed by atoms with E-state index in [0.717, 1.165) is 31.9 Å². The smallest absolute Gasteiger partial charge is 0.140 e. The van der Waals surface area contributed by atoms with Crippen LogP contribution < -0.4 is 5.32 Å². The molecule has 0 fully saturated rings. The number of aromatic nitrogens is 4. The fraction of sp³-hybridized carbons (Fsp3) is 0.417. The number of hydrogen-bond donors (Lipinski definition) is 1. The fourth-order valence-electron chi connectivity index (χ4n) is 1.64. The van der Waals surface area contributed by atoms with Gasteiger partial charge in [0.2, 0.25) is 0 Å². The van der Waals surface area contributed by atoms with E-state index in [9.17, 15) is 0 Å². The first-order valence-electron chi connectivity index (χ1n) is 5.86. The highest BCUT2D eigenvalue weighted by Gasteiger charge is 2.02. The van der Waals surface area contributed by atoms with E-state index in [-0.39, 0.29) is 0 Å². The van der Waals surface area contributed by atoms with Crippen molar-refractivity contribution < 1.29 is 0 Å². The summed E-state index contributed by atoms with van der Waals surface area (Å²) in [5.41, 5.74) is 1.18. The highest BCUT2D eigenvalue weighted by molar-refractivity contribution is 5.07. The first-order valence-corrected chi connectivity index (χ1v) is 5.86. The number of aryl methyl sites for hydroxylation is 1. The maximum Gasteiger partial charge on any atom is 0.140 e. The van der Waals surface area contributed by atoms with E-state index in [1.165, 1.54) is 5.56 Å². The molecule has 5 nitrogen and oxygen atoms in total. The lowest BCUT2D eigenvalue weighted by Crippen LogP contribution is -2.17. The van der Waals surface area contributed by atoms with Gasteiger partial charge in [-0.2, -0.15) is 5.10 Å². The number of nitrogens with zero attached hydrogens (tertiary/aromatic N) is 4. The molecule has 0 aromatic carbocycles. The molecular weight excluding hydrogens is 214 g/mol. The third-order valence-corrected chi connectivity index (χ3v) is 2.47. The molecule has 2 aromatic rings. The van der Waals surface area contributed by atoms with Gasteiger partial charge in [-0.05, 0) is 18.1 Å². The molecule has 0 aliphatic rings. The fourth-order valence-corrected chi connectivity index (χ4v) is 1.64. The Morgan fingerprint density at radius 2 is 2.29 bits per heavy atom. The van der Waals surface area contributed by atoms with E-state index >= 15 is 0 Å². The van der Waals surface area contributed by atoms with Crippen LogP contribution in [0.5, 0.6) is 0 Å². The maximum absolute atomic E-state index is 4.24. The van der Waals surface area contributed by atoms with Crippen molar-refractivity contribution in [2.75, 3.05) is 0 Å². The van der Waals surface area contributed by atoms with Crippen LogP contribution in [0.4, 0.5) is 0 Å². The van der Waals surface area contributed by atoms with Crippen molar-refractivity contribution in [1.29, 1.82) is 0 Å². The van der Waals surface area contributed by atoms with Gasteiger partial charge in [0.1, 0.15) is 12.2 Å². The highest BCUT2D eigenvalue weighted by atomic mass is 15.3. The van der Waals surface area contributed by atoms with Crippen LogP contribution in [-0.4, -0.2) is 19.7 Å². The summed E-state index contributed by atoms with van der Waals surface area (Å²) in [6.45, 7) is 4.58. The van der Waals surface area contributed by atoms with Crippen molar-refractivity contribution >= 4 is 0 Å². The molecule has 0 saturated heterocycles. The third-order valence-electron chi connectivity index (χ3n) is 2.47. The average molecular weight is 231 g/mol. The van der Waals surface area contributed by atoms with E-state index in [0.29, 0.717) is 0 Å². The van der Waals surface area contributed by atoms with Gasteiger partial charge in [0.15, 0.2) is 0 Å².